The number of hydrogen-bond donors (Lipinski definition) is 3. The Labute approximate surface area is 219 Å². The van der Waals surface area contributed by atoms with E-state index in [0.717, 1.165) is 5.56 Å². The van der Waals surface area contributed by atoms with E-state index in [9.17, 15) is 19.1 Å². The van der Waals surface area contributed by atoms with E-state index in [1.807, 2.05) is 17.0 Å². The zero-order valence-corrected chi connectivity index (χ0v) is 21.1. The van der Waals surface area contributed by atoms with Crippen molar-refractivity contribution in [2.24, 2.45) is 5.92 Å². The predicted octanol–water partition coefficient (Wildman–Crippen LogP) is 2.85. The number of benzene rings is 2. The van der Waals surface area contributed by atoms with E-state index in [1.165, 1.54) is 18.3 Å². The lowest BCUT2D eigenvalue weighted by Crippen LogP contribution is -2.53. The molecule has 196 valence electrons. The minimum atomic E-state index is -0.502. The molecule has 2 heterocycles. The number of carbonyl (C=O) groups is 2. The largest absolute Gasteiger partial charge is 0.466 e. The molecule has 1 aliphatic heterocycles. The molecule has 37 heavy (non-hydrogen) atoms. The van der Waals surface area contributed by atoms with Crippen LogP contribution in [0.5, 0.6) is 0 Å². The Bertz CT molecular complexity index is 1200. The molecule has 11 heteroatoms. The van der Waals surface area contributed by atoms with Crippen LogP contribution in [0.25, 0.3) is 11.1 Å². The molecule has 0 aliphatic carbocycles. The molecule has 2 atom stereocenters. The van der Waals surface area contributed by atoms with Crippen molar-refractivity contribution in [2.45, 2.75) is 31.9 Å². The van der Waals surface area contributed by atoms with Gasteiger partial charge in [0.2, 0.25) is 0 Å². The summed E-state index contributed by atoms with van der Waals surface area (Å²) in [6.07, 6.45) is 1.67. The number of H-pyrrole nitrogens is 1. The number of nitrogens with one attached hydrogen (secondary N) is 2. The number of rotatable bonds is 11. The van der Waals surface area contributed by atoms with Crippen LogP contribution in [0.1, 0.15) is 29.4 Å². The molecule has 0 saturated carbocycles. The van der Waals surface area contributed by atoms with E-state index in [4.69, 9.17) is 16.3 Å². The number of aromatic nitrogens is 3. The van der Waals surface area contributed by atoms with Gasteiger partial charge in [0.25, 0.3) is 5.91 Å². The molecule has 2 aromatic carbocycles. The van der Waals surface area contributed by atoms with Crippen molar-refractivity contribution < 1.29 is 23.8 Å². The highest BCUT2D eigenvalue weighted by atomic mass is 35.5. The average Bonchev–Trinajstić information content (AvgIpc) is 3.40. The standard InChI is InChI=1S/C26H29ClFN5O4/c1-2-37-26(36)18(13-33-14-21(34)15-33)10-20(30-25(35)24-12-29-32-31-24)9-16-3-5-17(6-4-16)22-11-19(27)7-8-23(22)28/h3-8,11-12,18,20-21,34H,2,9-10,13-15H2,1H3,(H,30,35)(H,29,31,32)/t18-,20+/m0/s1. The minimum absolute atomic E-state index is 0.204. The summed E-state index contributed by atoms with van der Waals surface area (Å²) < 4.78 is 19.6. The van der Waals surface area contributed by atoms with Gasteiger partial charge in [0.15, 0.2) is 0 Å². The second kappa shape index (κ2) is 12.3. The third-order valence-electron chi connectivity index (χ3n) is 6.28. The first-order valence-corrected chi connectivity index (χ1v) is 12.5. The number of aliphatic hydroxyl groups excluding tert-OH is 1. The van der Waals surface area contributed by atoms with Crippen molar-refractivity contribution >= 4 is 23.5 Å². The van der Waals surface area contributed by atoms with Gasteiger partial charge in [-0.05, 0) is 49.1 Å². The summed E-state index contributed by atoms with van der Waals surface area (Å²) in [6, 6.07) is 11.3. The van der Waals surface area contributed by atoms with Crippen LogP contribution in [0.15, 0.2) is 48.7 Å². The number of likely N-dealkylation sites (tertiary alicyclic amines) is 1. The van der Waals surface area contributed by atoms with Gasteiger partial charge in [0.1, 0.15) is 11.5 Å². The van der Waals surface area contributed by atoms with E-state index in [-0.39, 0.29) is 24.1 Å². The normalized spacial score (nSPS) is 15.6. The summed E-state index contributed by atoms with van der Waals surface area (Å²) in [5, 5.41) is 22.8. The fourth-order valence-electron chi connectivity index (χ4n) is 4.44. The first-order chi connectivity index (χ1) is 17.8. The van der Waals surface area contributed by atoms with Gasteiger partial charge in [0.05, 0.1) is 24.8 Å². The Kier molecular flexibility index (Phi) is 8.86. The van der Waals surface area contributed by atoms with Gasteiger partial charge in [-0.2, -0.15) is 0 Å². The lowest BCUT2D eigenvalue weighted by Gasteiger charge is -2.38. The first-order valence-electron chi connectivity index (χ1n) is 12.1. The topological polar surface area (TPSA) is 120 Å². The van der Waals surface area contributed by atoms with Crippen LogP contribution in [0, 0.1) is 11.7 Å². The first kappa shape index (κ1) is 26.7. The maximum atomic E-state index is 14.3. The zero-order valence-electron chi connectivity index (χ0n) is 20.4. The second-order valence-corrected chi connectivity index (χ2v) is 9.56. The van der Waals surface area contributed by atoms with Crippen molar-refractivity contribution in [3.63, 3.8) is 0 Å². The van der Waals surface area contributed by atoms with Crippen molar-refractivity contribution in [3.8, 4) is 11.1 Å². The molecule has 0 unspecified atom stereocenters. The number of carbonyl (C=O) groups excluding carboxylic acids is 2. The van der Waals surface area contributed by atoms with Gasteiger partial charge in [-0.25, -0.2) is 4.39 Å². The van der Waals surface area contributed by atoms with Crippen LogP contribution in [-0.2, 0) is 16.0 Å². The van der Waals surface area contributed by atoms with Crippen LogP contribution < -0.4 is 5.32 Å². The van der Waals surface area contributed by atoms with E-state index >= 15 is 0 Å². The highest BCUT2D eigenvalue weighted by Gasteiger charge is 2.32. The fourth-order valence-corrected chi connectivity index (χ4v) is 4.61. The molecular formula is C26H29ClFN5O4. The maximum Gasteiger partial charge on any atom is 0.310 e. The van der Waals surface area contributed by atoms with Crippen LogP contribution >= 0.6 is 11.6 Å². The van der Waals surface area contributed by atoms with Gasteiger partial charge in [0, 0.05) is 36.3 Å². The monoisotopic (exact) mass is 529 g/mol. The van der Waals surface area contributed by atoms with Crippen LogP contribution in [0.2, 0.25) is 5.02 Å². The molecule has 0 radical (unpaired) electrons. The Hall–Kier alpha value is -3.34. The molecule has 1 fully saturated rings. The molecule has 3 aromatic rings. The zero-order chi connectivity index (χ0) is 26.4. The number of hydrogen-bond acceptors (Lipinski definition) is 7. The number of halogens is 2. The summed E-state index contributed by atoms with van der Waals surface area (Å²) in [5.74, 6) is -1.62. The Morgan fingerprint density at radius 3 is 2.68 bits per heavy atom. The highest BCUT2D eigenvalue weighted by Crippen LogP contribution is 2.27. The number of ether oxygens (including phenoxy) is 1. The number of esters is 1. The smallest absolute Gasteiger partial charge is 0.310 e. The van der Waals surface area contributed by atoms with Crippen LogP contribution in [0.3, 0.4) is 0 Å². The van der Waals surface area contributed by atoms with Crippen molar-refractivity contribution in [2.75, 3.05) is 26.2 Å². The number of aromatic amines is 1. The average molecular weight is 530 g/mol. The van der Waals surface area contributed by atoms with Crippen LogP contribution in [0.4, 0.5) is 4.39 Å². The summed E-state index contributed by atoms with van der Waals surface area (Å²) >= 11 is 6.04. The maximum absolute atomic E-state index is 14.3. The summed E-state index contributed by atoms with van der Waals surface area (Å²) in [5.41, 5.74) is 2.17. The number of nitrogens with zero attached hydrogens (tertiary/aromatic N) is 3. The Morgan fingerprint density at radius 1 is 1.27 bits per heavy atom. The van der Waals surface area contributed by atoms with Crippen molar-refractivity contribution in [1.29, 1.82) is 0 Å². The predicted molar refractivity (Wildman–Crippen MR) is 135 cm³/mol. The third-order valence-corrected chi connectivity index (χ3v) is 6.51. The summed E-state index contributed by atoms with van der Waals surface area (Å²) in [7, 11) is 0. The molecular weight excluding hydrogens is 501 g/mol. The van der Waals surface area contributed by atoms with Crippen LogP contribution in [-0.4, -0.2) is 75.7 Å². The van der Waals surface area contributed by atoms with E-state index in [1.54, 1.807) is 25.1 Å². The lowest BCUT2D eigenvalue weighted by atomic mass is 9.92. The lowest BCUT2D eigenvalue weighted by molar-refractivity contribution is -0.150. The summed E-state index contributed by atoms with van der Waals surface area (Å²) in [6.45, 7) is 3.40. The molecule has 1 aromatic heterocycles. The minimum Gasteiger partial charge on any atom is -0.466 e. The molecule has 1 saturated heterocycles. The third kappa shape index (κ3) is 7.12. The molecule has 0 spiro atoms. The molecule has 3 N–H and O–H groups in total. The molecule has 9 nitrogen and oxygen atoms in total. The molecule has 1 aliphatic rings. The second-order valence-electron chi connectivity index (χ2n) is 9.12. The van der Waals surface area contributed by atoms with Gasteiger partial charge < -0.3 is 15.2 Å². The fraction of sp³-hybridized carbons (Fsp3) is 0.385. The number of aliphatic hydroxyl groups is 1. The van der Waals surface area contributed by atoms with Gasteiger partial charge in [-0.15, -0.1) is 5.10 Å². The van der Waals surface area contributed by atoms with Gasteiger partial charge in [-0.1, -0.05) is 41.1 Å². The van der Waals surface area contributed by atoms with E-state index in [2.05, 4.69) is 20.7 Å². The number of β-amino-alcohol motifs (C(OH)–C–C–N with tert-alkyl or cyclic N) is 1. The van der Waals surface area contributed by atoms with E-state index < -0.39 is 24.0 Å². The molecule has 0 bridgehead atoms. The van der Waals surface area contributed by atoms with Gasteiger partial charge in [-0.3, -0.25) is 19.6 Å². The van der Waals surface area contributed by atoms with Crippen molar-refractivity contribution in [3.05, 3.63) is 70.8 Å². The van der Waals surface area contributed by atoms with Crippen molar-refractivity contribution in [1.82, 2.24) is 25.6 Å². The quantitative estimate of drug-likeness (QED) is 0.327. The molecule has 4 rings (SSSR count). The van der Waals surface area contributed by atoms with Gasteiger partial charge >= 0.3 is 5.97 Å². The SMILES string of the molecule is CCOC(=O)[C@@H](C[C@@H](Cc1ccc(-c2cc(Cl)ccc2F)cc1)NC(=O)c1cnn[nH]1)CN1CC(O)C1. The highest BCUT2D eigenvalue weighted by molar-refractivity contribution is 6.30. The Balaban J connectivity index is 1.52. The van der Waals surface area contributed by atoms with E-state index in [0.29, 0.717) is 48.6 Å². The molecule has 1 amide bonds. The summed E-state index contributed by atoms with van der Waals surface area (Å²) in [4.78, 5) is 27.5. The number of amides is 1. The Morgan fingerprint density at radius 2 is 2.03 bits per heavy atom.